The predicted octanol–water partition coefficient (Wildman–Crippen LogP) is 1.20. The van der Waals surface area contributed by atoms with Crippen molar-refractivity contribution < 1.29 is 9.72 Å². The molecular weight excluding hydrogens is 222 g/mol. The second-order valence-electron chi connectivity index (χ2n) is 4.41. The van der Waals surface area contributed by atoms with Crippen molar-refractivity contribution in [1.29, 1.82) is 0 Å². The molecule has 17 heavy (non-hydrogen) atoms. The van der Waals surface area contributed by atoms with Gasteiger partial charge in [-0.2, -0.15) is 0 Å². The molecule has 0 aromatic heterocycles. The van der Waals surface area contributed by atoms with Crippen LogP contribution in [0.5, 0.6) is 0 Å². The van der Waals surface area contributed by atoms with Gasteiger partial charge < -0.3 is 11.1 Å². The highest BCUT2D eigenvalue weighted by molar-refractivity contribution is 5.60. The van der Waals surface area contributed by atoms with Crippen LogP contribution < -0.4 is 11.1 Å². The molecule has 0 aliphatic carbocycles. The first kappa shape index (κ1) is 13.0. The fourth-order valence-electron chi connectivity index (χ4n) is 1.52. The van der Waals surface area contributed by atoms with Gasteiger partial charge in [-0.25, -0.2) is 0 Å². The zero-order chi connectivity index (χ0) is 13.1. The number of carbonyl (C=O) groups is 1. The molecule has 0 saturated heterocycles. The van der Waals surface area contributed by atoms with Gasteiger partial charge in [0.05, 0.1) is 4.92 Å². The Morgan fingerprint density at radius 2 is 2.18 bits per heavy atom. The number of carbonyl (C=O) groups excluding carboxylic acids is 1. The van der Waals surface area contributed by atoms with Crippen molar-refractivity contribution in [3.05, 3.63) is 33.9 Å². The van der Waals surface area contributed by atoms with Gasteiger partial charge in [-0.1, -0.05) is 19.9 Å². The Morgan fingerprint density at radius 3 is 2.71 bits per heavy atom. The van der Waals surface area contributed by atoms with E-state index in [4.69, 9.17) is 5.73 Å². The average molecular weight is 237 g/mol. The van der Waals surface area contributed by atoms with Gasteiger partial charge in [0, 0.05) is 18.0 Å². The normalized spacial score (nSPS) is 10.9. The Morgan fingerprint density at radius 1 is 1.53 bits per heavy atom. The summed E-state index contributed by atoms with van der Waals surface area (Å²) < 4.78 is 0. The number of anilines is 1. The van der Waals surface area contributed by atoms with E-state index in [1.165, 1.54) is 12.1 Å². The van der Waals surface area contributed by atoms with Gasteiger partial charge >= 0.3 is 0 Å². The summed E-state index contributed by atoms with van der Waals surface area (Å²) >= 11 is 0. The molecule has 0 fully saturated rings. The van der Waals surface area contributed by atoms with Crippen molar-refractivity contribution in [2.24, 2.45) is 0 Å². The lowest BCUT2D eigenvalue weighted by Crippen LogP contribution is -2.32. The molecule has 1 amide bonds. The van der Waals surface area contributed by atoms with E-state index < -0.39 is 4.92 Å². The fraction of sp³-hybridized carbons (Fsp3) is 0.364. The number of nitrogen functional groups attached to an aromatic ring is 1. The largest absolute Gasteiger partial charge is 0.393 e. The fourth-order valence-corrected chi connectivity index (χ4v) is 1.52. The summed E-state index contributed by atoms with van der Waals surface area (Å²) in [4.78, 5) is 20.5. The molecule has 0 unspecified atom stereocenters. The first-order valence-corrected chi connectivity index (χ1v) is 5.10. The third-order valence-electron chi connectivity index (χ3n) is 2.64. The van der Waals surface area contributed by atoms with Gasteiger partial charge in [0.25, 0.3) is 5.69 Å². The molecule has 1 aromatic carbocycles. The molecule has 0 bridgehead atoms. The van der Waals surface area contributed by atoms with Crippen molar-refractivity contribution in [2.45, 2.75) is 19.3 Å². The number of nitro benzene ring substituents is 1. The van der Waals surface area contributed by atoms with Crippen LogP contribution in [-0.4, -0.2) is 17.9 Å². The molecule has 1 aromatic rings. The standard InChI is InChI=1S/C11H15N3O3/c1-11(2,6-13-7-15)8-3-4-9(12)10(5-8)14(16)17/h3-5,7H,6,12H2,1-2H3,(H,13,15). The summed E-state index contributed by atoms with van der Waals surface area (Å²) in [5, 5.41) is 13.3. The highest BCUT2D eigenvalue weighted by Gasteiger charge is 2.23. The van der Waals surface area contributed by atoms with Gasteiger partial charge in [-0.15, -0.1) is 0 Å². The zero-order valence-electron chi connectivity index (χ0n) is 9.77. The topological polar surface area (TPSA) is 98.3 Å². The van der Waals surface area contributed by atoms with E-state index in [2.05, 4.69) is 5.32 Å². The maximum atomic E-state index is 10.8. The van der Waals surface area contributed by atoms with Crippen LogP contribution in [0.1, 0.15) is 19.4 Å². The van der Waals surface area contributed by atoms with Gasteiger partial charge in [0.15, 0.2) is 0 Å². The van der Waals surface area contributed by atoms with Gasteiger partial charge in [-0.05, 0) is 11.6 Å². The Balaban J connectivity index is 3.10. The van der Waals surface area contributed by atoms with E-state index in [0.29, 0.717) is 13.0 Å². The molecule has 3 N–H and O–H groups in total. The van der Waals surface area contributed by atoms with Crippen molar-refractivity contribution in [2.75, 3.05) is 12.3 Å². The van der Waals surface area contributed by atoms with Crippen LogP contribution in [-0.2, 0) is 10.2 Å². The molecule has 0 saturated carbocycles. The minimum Gasteiger partial charge on any atom is -0.393 e. The first-order chi connectivity index (χ1) is 7.88. The van der Waals surface area contributed by atoms with Crippen molar-refractivity contribution in [1.82, 2.24) is 5.32 Å². The van der Waals surface area contributed by atoms with Gasteiger partial charge in [0.1, 0.15) is 5.69 Å². The SMILES string of the molecule is CC(C)(CNC=O)c1ccc(N)c([N+](=O)[O-])c1. The molecule has 92 valence electrons. The summed E-state index contributed by atoms with van der Waals surface area (Å²) in [6.07, 6.45) is 0.605. The maximum absolute atomic E-state index is 10.8. The Kier molecular flexibility index (Phi) is 3.67. The predicted molar refractivity (Wildman–Crippen MR) is 64.6 cm³/mol. The number of hydrogen-bond donors (Lipinski definition) is 2. The minimum atomic E-state index is -0.512. The number of nitrogens with zero attached hydrogens (tertiary/aromatic N) is 1. The number of rotatable bonds is 5. The van der Waals surface area contributed by atoms with E-state index in [9.17, 15) is 14.9 Å². The number of nitrogens with two attached hydrogens (primary N) is 1. The van der Waals surface area contributed by atoms with E-state index in [1.807, 2.05) is 13.8 Å². The lowest BCUT2D eigenvalue weighted by atomic mass is 9.84. The monoisotopic (exact) mass is 237 g/mol. The summed E-state index contributed by atoms with van der Waals surface area (Å²) in [5.74, 6) is 0. The zero-order valence-corrected chi connectivity index (χ0v) is 9.77. The number of hydrogen-bond acceptors (Lipinski definition) is 4. The van der Waals surface area contributed by atoms with Crippen LogP contribution in [0.25, 0.3) is 0 Å². The van der Waals surface area contributed by atoms with Crippen molar-refractivity contribution >= 4 is 17.8 Å². The molecule has 0 spiro atoms. The lowest BCUT2D eigenvalue weighted by molar-refractivity contribution is -0.384. The maximum Gasteiger partial charge on any atom is 0.292 e. The van der Waals surface area contributed by atoms with Gasteiger partial charge in [0.2, 0.25) is 6.41 Å². The van der Waals surface area contributed by atoms with Crippen LogP contribution in [0.3, 0.4) is 0 Å². The molecular formula is C11H15N3O3. The van der Waals surface area contributed by atoms with Crippen LogP contribution in [0.15, 0.2) is 18.2 Å². The molecule has 0 aliphatic rings. The van der Waals surface area contributed by atoms with Crippen molar-refractivity contribution in [3.63, 3.8) is 0 Å². The third kappa shape index (κ3) is 2.93. The number of amides is 1. The van der Waals surface area contributed by atoms with E-state index >= 15 is 0 Å². The second-order valence-corrected chi connectivity index (χ2v) is 4.41. The summed E-state index contributed by atoms with van der Waals surface area (Å²) in [5.41, 5.74) is 5.92. The number of nitro groups is 1. The van der Waals surface area contributed by atoms with E-state index in [0.717, 1.165) is 5.56 Å². The van der Waals surface area contributed by atoms with Crippen LogP contribution in [0.2, 0.25) is 0 Å². The molecule has 6 heteroatoms. The summed E-state index contributed by atoms with van der Waals surface area (Å²) in [7, 11) is 0. The quantitative estimate of drug-likeness (QED) is 0.348. The molecule has 1 rings (SSSR count). The first-order valence-electron chi connectivity index (χ1n) is 5.10. The van der Waals surface area contributed by atoms with Crippen LogP contribution in [0.4, 0.5) is 11.4 Å². The molecule has 6 nitrogen and oxygen atoms in total. The second kappa shape index (κ2) is 4.82. The molecule has 0 radical (unpaired) electrons. The van der Waals surface area contributed by atoms with E-state index in [-0.39, 0.29) is 16.8 Å². The summed E-state index contributed by atoms with van der Waals surface area (Å²) in [6, 6.07) is 4.69. The average Bonchev–Trinajstić information content (AvgIpc) is 2.26. The Labute approximate surface area is 99.0 Å². The third-order valence-corrected chi connectivity index (χ3v) is 2.64. The Hall–Kier alpha value is -2.11. The van der Waals surface area contributed by atoms with Gasteiger partial charge in [-0.3, -0.25) is 14.9 Å². The highest BCUT2D eigenvalue weighted by Crippen LogP contribution is 2.29. The van der Waals surface area contributed by atoms with Crippen LogP contribution in [0, 0.1) is 10.1 Å². The minimum absolute atomic E-state index is 0.110. The highest BCUT2D eigenvalue weighted by atomic mass is 16.6. The van der Waals surface area contributed by atoms with Crippen molar-refractivity contribution in [3.8, 4) is 0 Å². The molecule has 0 aliphatic heterocycles. The summed E-state index contributed by atoms with van der Waals surface area (Å²) in [6.45, 7) is 4.18. The Bertz CT molecular complexity index is 444. The smallest absolute Gasteiger partial charge is 0.292 e. The van der Waals surface area contributed by atoms with E-state index in [1.54, 1.807) is 6.07 Å². The lowest BCUT2D eigenvalue weighted by Gasteiger charge is -2.24. The van der Waals surface area contributed by atoms with Crippen LogP contribution >= 0.6 is 0 Å². The number of benzene rings is 1. The number of nitrogens with one attached hydrogen (secondary N) is 1. The molecule has 0 heterocycles. The molecule has 0 atom stereocenters.